The molecular weight excluding hydrogens is 266 g/mol. The lowest BCUT2D eigenvalue weighted by molar-refractivity contribution is 0.0597. The number of hydrogen-bond acceptors (Lipinski definition) is 6. The third-order valence-corrected chi connectivity index (χ3v) is 4.72. The molecule has 1 saturated carbocycles. The minimum Gasteiger partial charge on any atom is -0.480 e. The highest BCUT2D eigenvalue weighted by Gasteiger charge is 2.47. The fourth-order valence-corrected chi connectivity index (χ4v) is 3.81. The molecule has 1 aromatic rings. The Bertz CT molecular complexity index is 443. The summed E-state index contributed by atoms with van der Waals surface area (Å²) in [7, 11) is 1.62. The zero-order chi connectivity index (χ0) is 15.3. The maximum absolute atomic E-state index is 5.94. The first-order valence-electron chi connectivity index (χ1n) is 7.79. The van der Waals surface area contributed by atoms with E-state index in [0.29, 0.717) is 5.88 Å². The van der Waals surface area contributed by atoms with Gasteiger partial charge in [-0.1, -0.05) is 26.7 Å². The second kappa shape index (κ2) is 7.15. The van der Waals surface area contributed by atoms with Crippen molar-refractivity contribution in [3.63, 3.8) is 0 Å². The van der Waals surface area contributed by atoms with Crippen molar-refractivity contribution >= 4 is 0 Å². The maximum atomic E-state index is 5.94. The monoisotopic (exact) mass is 293 g/mol. The summed E-state index contributed by atoms with van der Waals surface area (Å²) in [5, 5.41) is 0. The third-order valence-electron chi connectivity index (χ3n) is 4.72. The van der Waals surface area contributed by atoms with E-state index in [-0.39, 0.29) is 11.6 Å². The summed E-state index contributed by atoms with van der Waals surface area (Å²) in [5.41, 5.74) is 3.79. The molecule has 1 heterocycles. The smallest absolute Gasteiger partial charge is 0.237 e. The zero-order valence-electron chi connectivity index (χ0n) is 13.3. The Morgan fingerprint density at radius 1 is 1.29 bits per heavy atom. The first-order valence-corrected chi connectivity index (χ1v) is 7.79. The lowest BCUT2D eigenvalue weighted by Crippen LogP contribution is -2.56. The van der Waals surface area contributed by atoms with Gasteiger partial charge in [-0.25, -0.2) is 10.4 Å². The van der Waals surface area contributed by atoms with Crippen LogP contribution in [0.15, 0.2) is 12.4 Å². The fourth-order valence-electron chi connectivity index (χ4n) is 3.81. The predicted octanol–water partition coefficient (Wildman–Crippen LogP) is 1.64. The van der Waals surface area contributed by atoms with Crippen LogP contribution >= 0.6 is 0 Å². The molecule has 3 N–H and O–H groups in total. The molecule has 1 unspecified atom stereocenters. The van der Waals surface area contributed by atoms with Crippen molar-refractivity contribution in [3.8, 4) is 5.88 Å². The Kier molecular flexibility index (Phi) is 5.50. The van der Waals surface area contributed by atoms with Crippen molar-refractivity contribution < 1.29 is 4.74 Å². The molecule has 1 aliphatic rings. The van der Waals surface area contributed by atoms with E-state index >= 15 is 0 Å². The molecule has 1 aromatic heterocycles. The molecule has 0 amide bonds. The average molecular weight is 293 g/mol. The molecule has 6 nitrogen and oxygen atoms in total. The molecule has 21 heavy (non-hydrogen) atoms. The van der Waals surface area contributed by atoms with Crippen molar-refractivity contribution in [2.24, 2.45) is 5.84 Å². The molecule has 0 saturated heterocycles. The number of nitrogens with two attached hydrogens (primary N) is 1. The molecule has 1 aliphatic carbocycles. The van der Waals surface area contributed by atoms with Gasteiger partial charge < -0.3 is 4.74 Å². The second-order valence-corrected chi connectivity index (χ2v) is 5.53. The minimum atomic E-state index is -0.0800. The highest BCUT2D eigenvalue weighted by Crippen LogP contribution is 2.45. The Labute approximate surface area is 127 Å². The van der Waals surface area contributed by atoms with E-state index in [0.717, 1.165) is 31.6 Å². The number of aromatic nitrogens is 2. The SMILES string of the molecule is CCN(CC)C1(C(NN)c2nccnc2OC)CCCC1. The van der Waals surface area contributed by atoms with Gasteiger partial charge in [0.15, 0.2) is 0 Å². The molecule has 0 bridgehead atoms. The standard InChI is InChI=1S/C15H27N5O/c1-4-20(5-2)15(8-6-7-9-15)13(19-16)12-14(21-3)18-11-10-17-12/h10-11,13,19H,4-9,16H2,1-3H3. The van der Waals surface area contributed by atoms with Crippen molar-refractivity contribution in [2.75, 3.05) is 20.2 Å². The molecule has 0 aromatic carbocycles. The van der Waals surface area contributed by atoms with E-state index in [9.17, 15) is 0 Å². The Hall–Kier alpha value is -1.24. The van der Waals surface area contributed by atoms with Crippen LogP contribution in [-0.4, -0.2) is 40.6 Å². The van der Waals surface area contributed by atoms with Crippen molar-refractivity contribution in [3.05, 3.63) is 18.1 Å². The van der Waals surface area contributed by atoms with Crippen molar-refractivity contribution in [1.29, 1.82) is 0 Å². The number of nitrogens with one attached hydrogen (secondary N) is 1. The lowest BCUT2D eigenvalue weighted by Gasteiger charge is -2.45. The van der Waals surface area contributed by atoms with Crippen LogP contribution in [0.5, 0.6) is 5.88 Å². The van der Waals surface area contributed by atoms with Gasteiger partial charge in [0.1, 0.15) is 5.69 Å². The maximum Gasteiger partial charge on any atom is 0.237 e. The van der Waals surface area contributed by atoms with Crippen LogP contribution in [0.2, 0.25) is 0 Å². The van der Waals surface area contributed by atoms with E-state index in [1.165, 1.54) is 12.8 Å². The number of likely N-dealkylation sites (N-methyl/N-ethyl adjacent to an activating group) is 1. The highest BCUT2D eigenvalue weighted by molar-refractivity contribution is 5.26. The summed E-state index contributed by atoms with van der Waals surface area (Å²) in [4.78, 5) is 11.3. The summed E-state index contributed by atoms with van der Waals surface area (Å²) in [6.07, 6.45) is 8.02. The second-order valence-electron chi connectivity index (χ2n) is 5.53. The van der Waals surface area contributed by atoms with Crippen LogP contribution in [0.1, 0.15) is 51.3 Å². The van der Waals surface area contributed by atoms with E-state index in [1.54, 1.807) is 19.5 Å². The summed E-state index contributed by atoms with van der Waals surface area (Å²) in [6.45, 7) is 6.39. The van der Waals surface area contributed by atoms with Gasteiger partial charge in [-0.3, -0.25) is 15.7 Å². The van der Waals surface area contributed by atoms with Gasteiger partial charge in [0, 0.05) is 17.9 Å². The summed E-state index contributed by atoms with van der Waals surface area (Å²) in [5.74, 6) is 6.50. The first-order chi connectivity index (χ1) is 10.2. The Morgan fingerprint density at radius 3 is 2.43 bits per heavy atom. The lowest BCUT2D eigenvalue weighted by atomic mass is 9.84. The highest BCUT2D eigenvalue weighted by atomic mass is 16.5. The summed E-state index contributed by atoms with van der Waals surface area (Å²) < 4.78 is 5.39. The van der Waals surface area contributed by atoms with Crippen LogP contribution in [0.4, 0.5) is 0 Å². The minimum absolute atomic E-state index is 0.0123. The normalized spacial score (nSPS) is 18.9. The molecule has 1 fully saturated rings. The van der Waals surface area contributed by atoms with Gasteiger partial charge in [-0.2, -0.15) is 0 Å². The van der Waals surface area contributed by atoms with E-state index in [2.05, 4.69) is 34.1 Å². The molecule has 0 aliphatic heterocycles. The number of methoxy groups -OCH3 is 1. The van der Waals surface area contributed by atoms with Crippen LogP contribution in [0.3, 0.4) is 0 Å². The van der Waals surface area contributed by atoms with Crippen LogP contribution < -0.4 is 16.0 Å². The third kappa shape index (κ3) is 2.88. The first kappa shape index (κ1) is 16.1. The fraction of sp³-hybridized carbons (Fsp3) is 0.733. The Balaban J connectivity index is 2.45. The van der Waals surface area contributed by atoms with Gasteiger partial charge in [0.25, 0.3) is 0 Å². The average Bonchev–Trinajstić information content (AvgIpc) is 3.00. The van der Waals surface area contributed by atoms with Crippen LogP contribution in [-0.2, 0) is 0 Å². The summed E-state index contributed by atoms with van der Waals surface area (Å²) >= 11 is 0. The topological polar surface area (TPSA) is 76.3 Å². The van der Waals surface area contributed by atoms with E-state index in [1.807, 2.05) is 0 Å². The number of hydrazine groups is 1. The molecular formula is C15H27N5O. The number of rotatable bonds is 7. The van der Waals surface area contributed by atoms with Gasteiger partial charge in [0.05, 0.1) is 13.2 Å². The largest absolute Gasteiger partial charge is 0.480 e. The quantitative estimate of drug-likeness (QED) is 0.588. The number of hydrogen-bond donors (Lipinski definition) is 2. The molecule has 0 spiro atoms. The summed E-state index contributed by atoms with van der Waals surface area (Å²) in [6, 6.07) is -0.0800. The van der Waals surface area contributed by atoms with Crippen LogP contribution in [0.25, 0.3) is 0 Å². The zero-order valence-corrected chi connectivity index (χ0v) is 13.3. The molecule has 1 atom stereocenters. The molecule has 6 heteroatoms. The van der Waals surface area contributed by atoms with Gasteiger partial charge in [-0.05, 0) is 25.9 Å². The van der Waals surface area contributed by atoms with Gasteiger partial charge in [0.2, 0.25) is 5.88 Å². The Morgan fingerprint density at radius 2 is 1.90 bits per heavy atom. The number of nitrogens with zero attached hydrogens (tertiary/aromatic N) is 3. The molecule has 118 valence electrons. The van der Waals surface area contributed by atoms with E-state index in [4.69, 9.17) is 10.6 Å². The van der Waals surface area contributed by atoms with Gasteiger partial charge in [-0.15, -0.1) is 0 Å². The van der Waals surface area contributed by atoms with Gasteiger partial charge >= 0.3 is 0 Å². The molecule has 2 rings (SSSR count). The number of ether oxygens (including phenoxy) is 1. The van der Waals surface area contributed by atoms with Crippen molar-refractivity contribution in [2.45, 2.75) is 51.1 Å². The van der Waals surface area contributed by atoms with Crippen molar-refractivity contribution in [1.82, 2.24) is 20.3 Å². The van der Waals surface area contributed by atoms with Crippen LogP contribution in [0, 0.1) is 0 Å². The molecule has 0 radical (unpaired) electrons. The predicted molar refractivity (Wildman–Crippen MR) is 82.8 cm³/mol. The van der Waals surface area contributed by atoms with E-state index < -0.39 is 0 Å².